The van der Waals surface area contributed by atoms with Crippen LogP contribution in [0.2, 0.25) is 0 Å². The molecule has 6 aromatic rings. The lowest BCUT2D eigenvalue weighted by molar-refractivity contribution is 0.0690. The van der Waals surface area contributed by atoms with Crippen LogP contribution < -0.4 is 16.4 Å². The lowest BCUT2D eigenvalue weighted by Crippen LogP contribution is -2.34. The smallest absolute Gasteiger partial charge is 0.338 e. The number of carboxylic acid groups (broad SMARTS) is 1. The van der Waals surface area contributed by atoms with Crippen LogP contribution in [-0.4, -0.2) is 76.9 Å². The number of carboxylic acids is 1. The molecule has 0 spiro atoms. The van der Waals surface area contributed by atoms with Crippen LogP contribution in [0.3, 0.4) is 0 Å². The first-order chi connectivity index (χ1) is 24.2. The molecule has 0 saturated carbocycles. The lowest BCUT2D eigenvalue weighted by Gasteiger charge is -2.20. The van der Waals surface area contributed by atoms with E-state index in [-0.39, 0.29) is 43.0 Å². The van der Waals surface area contributed by atoms with Crippen LogP contribution in [0.15, 0.2) is 94.5 Å². The summed E-state index contributed by atoms with van der Waals surface area (Å²) in [7, 11) is 0. The molecule has 3 radical (unpaired) electrons. The van der Waals surface area contributed by atoms with Crippen LogP contribution in [0, 0.1) is 11.6 Å². The number of carbonyl (C=O) groups is 2. The van der Waals surface area contributed by atoms with Crippen molar-refractivity contribution < 1.29 is 23.5 Å². The minimum absolute atomic E-state index is 0. The van der Waals surface area contributed by atoms with Gasteiger partial charge < -0.3 is 15.3 Å². The summed E-state index contributed by atoms with van der Waals surface area (Å²) in [5.41, 5.74) is 1.80. The van der Waals surface area contributed by atoms with E-state index in [0.29, 0.717) is 59.2 Å². The van der Waals surface area contributed by atoms with Crippen molar-refractivity contribution in [3.8, 4) is 0 Å². The number of amides is 1. The van der Waals surface area contributed by atoms with E-state index in [4.69, 9.17) is 5.11 Å². The maximum absolute atomic E-state index is 14.4. The van der Waals surface area contributed by atoms with E-state index in [1.54, 1.807) is 53.4 Å². The molecule has 7 rings (SSSR count). The number of hydrogen-bond donors (Lipinski definition) is 4. The monoisotopic (exact) mass is 689 g/mol. The molecule has 1 aliphatic rings. The third-order valence-corrected chi connectivity index (χ3v) is 8.44. The van der Waals surface area contributed by atoms with Gasteiger partial charge in [0.2, 0.25) is 0 Å². The molecule has 0 aliphatic carbocycles. The van der Waals surface area contributed by atoms with Crippen LogP contribution in [0.5, 0.6) is 0 Å². The van der Waals surface area contributed by atoms with Gasteiger partial charge in [0.15, 0.2) is 0 Å². The Labute approximate surface area is 291 Å². The van der Waals surface area contributed by atoms with Crippen LogP contribution in [-0.2, 0) is 12.8 Å². The van der Waals surface area contributed by atoms with Crippen molar-refractivity contribution >= 4 is 41.8 Å². The number of aromatic nitrogens is 4. The number of fused-ring (bicyclic) bond motifs is 2. The van der Waals surface area contributed by atoms with Gasteiger partial charge in [-0.25, -0.2) is 23.8 Å². The lowest BCUT2D eigenvalue weighted by atomic mass is 10.0. The highest BCUT2D eigenvalue weighted by atomic mass is 19.1. The van der Waals surface area contributed by atoms with Gasteiger partial charge in [0, 0.05) is 51.7 Å². The van der Waals surface area contributed by atoms with Gasteiger partial charge in [-0.15, -0.1) is 0 Å². The number of H-pyrrole nitrogens is 2. The Morgan fingerprint density at radius 1 is 0.686 bits per heavy atom. The molecule has 14 heteroatoms. The molecule has 3 heterocycles. The minimum Gasteiger partial charge on any atom is -0.478 e. The van der Waals surface area contributed by atoms with Gasteiger partial charge in [0.25, 0.3) is 17.0 Å². The first kappa shape index (κ1) is 36.3. The predicted molar refractivity (Wildman–Crippen MR) is 189 cm³/mol. The fraction of sp³-hybridized carbons (Fsp3) is 0.189. The summed E-state index contributed by atoms with van der Waals surface area (Å²) < 4.78 is 27.8. The number of rotatable bonds is 6. The summed E-state index contributed by atoms with van der Waals surface area (Å²) in [6.45, 7) is 2.74. The van der Waals surface area contributed by atoms with Gasteiger partial charge >= 0.3 is 5.97 Å². The summed E-state index contributed by atoms with van der Waals surface area (Å²) in [6, 6.07) is 22.7. The Morgan fingerprint density at radius 2 is 1.18 bits per heavy atom. The van der Waals surface area contributed by atoms with Crippen LogP contribution in [0.4, 0.5) is 8.78 Å². The molecule has 0 unspecified atom stereocenters. The third-order valence-electron chi connectivity index (χ3n) is 8.44. The molecule has 51 heavy (non-hydrogen) atoms. The van der Waals surface area contributed by atoms with Gasteiger partial charge in [-0.1, -0.05) is 48.5 Å². The largest absolute Gasteiger partial charge is 0.478 e. The van der Waals surface area contributed by atoms with Crippen molar-refractivity contribution in [2.45, 2.75) is 19.3 Å². The number of hydrogen-bond acceptors (Lipinski definition) is 7. The molecule has 0 atom stereocenters. The Hall–Kier alpha value is -6.02. The van der Waals surface area contributed by atoms with E-state index in [2.05, 4.69) is 25.7 Å². The number of nitrogens with zero attached hydrogens (tertiary/aromatic N) is 3. The molecule has 4 aromatic carbocycles. The Balaban J connectivity index is 0.000000199. The molecule has 1 fully saturated rings. The zero-order chi connectivity index (χ0) is 35.2. The number of halogens is 2. The quantitative estimate of drug-likeness (QED) is 0.191. The molecule has 1 amide bonds. The minimum atomic E-state index is -1.32. The second-order valence-electron chi connectivity index (χ2n) is 11.8. The number of aromatic amines is 2. The molecule has 1 aliphatic heterocycles. The highest BCUT2D eigenvalue weighted by Gasteiger charge is 2.21. The average molecular weight is 690 g/mol. The number of nitrogens with one attached hydrogen (secondary N) is 3. The molecule has 2 aromatic heterocycles. The first-order valence-corrected chi connectivity index (χ1v) is 15.9. The van der Waals surface area contributed by atoms with Crippen LogP contribution in [0.1, 0.15) is 49.7 Å². The number of benzene rings is 4. The standard InChI is InChI=1S/C21H21FN4O2.C16H11FN2O3.B/c22-18-7-6-14(12-17(18)21(28)26-10-3-8-23-9-11-26)13-19-15-4-1-2-5-16(15)20(27)25-24-19;17-13-6-5-9(7-12(13)16(21)22)8-14-10-3-1-2-4-11(10)15(20)19-18-14;/h1-2,4-7,12,23H,3,8-11,13H2,(H,25,27);1-7H,8H2,(H,19,20)(H,21,22);. The van der Waals surface area contributed by atoms with Crippen molar-refractivity contribution in [3.63, 3.8) is 0 Å². The van der Waals surface area contributed by atoms with E-state index in [9.17, 15) is 28.0 Å². The highest BCUT2D eigenvalue weighted by Crippen LogP contribution is 2.21. The van der Waals surface area contributed by atoms with E-state index >= 15 is 0 Å². The van der Waals surface area contributed by atoms with Gasteiger partial charge in [-0.3, -0.25) is 14.4 Å². The van der Waals surface area contributed by atoms with Gasteiger partial charge in [0.1, 0.15) is 11.6 Å². The van der Waals surface area contributed by atoms with Gasteiger partial charge in [0.05, 0.1) is 33.3 Å². The molecular formula is C37H32BF2N6O5. The topological polar surface area (TPSA) is 161 Å². The maximum atomic E-state index is 14.4. The van der Waals surface area contributed by atoms with Gasteiger partial charge in [-0.2, -0.15) is 10.2 Å². The first-order valence-electron chi connectivity index (χ1n) is 15.9. The molecule has 4 N–H and O–H groups in total. The van der Waals surface area contributed by atoms with Crippen LogP contribution in [0.25, 0.3) is 21.5 Å². The molecule has 257 valence electrons. The molecule has 11 nitrogen and oxygen atoms in total. The normalized spacial score (nSPS) is 12.8. The van der Waals surface area contributed by atoms with E-state index in [1.165, 1.54) is 18.2 Å². The summed E-state index contributed by atoms with van der Waals surface area (Å²) >= 11 is 0. The Bertz CT molecular complexity index is 2340. The predicted octanol–water partition coefficient (Wildman–Crippen LogP) is 4.06. The van der Waals surface area contributed by atoms with Crippen LogP contribution >= 0.6 is 0 Å². The fourth-order valence-electron chi connectivity index (χ4n) is 5.91. The van der Waals surface area contributed by atoms with E-state index < -0.39 is 17.6 Å². The Kier molecular flexibility index (Phi) is 11.5. The second kappa shape index (κ2) is 16.1. The maximum Gasteiger partial charge on any atom is 0.338 e. The Morgan fingerprint density at radius 3 is 1.71 bits per heavy atom. The fourth-order valence-corrected chi connectivity index (χ4v) is 5.91. The highest BCUT2D eigenvalue weighted by molar-refractivity contribution is 5.95. The van der Waals surface area contributed by atoms with Crippen molar-refractivity contribution in [3.05, 3.63) is 151 Å². The summed E-state index contributed by atoms with van der Waals surface area (Å²) in [4.78, 5) is 49.2. The van der Waals surface area contributed by atoms with Crippen molar-refractivity contribution in [2.24, 2.45) is 0 Å². The summed E-state index contributed by atoms with van der Waals surface area (Å²) in [5.74, 6) is -2.92. The second-order valence-corrected chi connectivity index (χ2v) is 11.8. The average Bonchev–Trinajstić information content (AvgIpc) is 3.42. The third kappa shape index (κ3) is 8.24. The van der Waals surface area contributed by atoms with Crippen molar-refractivity contribution in [1.82, 2.24) is 30.6 Å². The van der Waals surface area contributed by atoms with E-state index in [1.807, 2.05) is 12.1 Å². The SMILES string of the molecule is O=C(O)c1cc(Cc2n[nH]c(=O)c3ccccc23)ccc1F.O=C(c1cc(Cc2n[nH]c(=O)c3ccccc23)ccc1F)N1CCCNCC1.[B]. The molecule has 0 bridgehead atoms. The van der Waals surface area contributed by atoms with Crippen molar-refractivity contribution in [2.75, 3.05) is 26.2 Å². The molecule has 1 saturated heterocycles. The van der Waals surface area contributed by atoms with Gasteiger partial charge in [-0.05, 0) is 60.5 Å². The van der Waals surface area contributed by atoms with Crippen molar-refractivity contribution in [1.29, 1.82) is 0 Å². The van der Waals surface area contributed by atoms with E-state index in [0.717, 1.165) is 30.0 Å². The zero-order valence-corrected chi connectivity index (χ0v) is 27.3. The summed E-state index contributed by atoms with van der Waals surface area (Å²) in [5, 5.41) is 27.8. The zero-order valence-electron chi connectivity index (χ0n) is 27.3. The molecular weight excluding hydrogens is 657 g/mol. The number of carbonyl (C=O) groups excluding carboxylic acids is 1. The summed E-state index contributed by atoms with van der Waals surface area (Å²) in [6.07, 6.45) is 1.53. The number of aromatic carboxylic acids is 1.